The van der Waals surface area contributed by atoms with E-state index < -0.39 is 18.2 Å². The number of hydrogen-bond donors (Lipinski definition) is 4. The molecule has 8 rings (SSSR count). The third kappa shape index (κ3) is 9.27. The summed E-state index contributed by atoms with van der Waals surface area (Å²) in [7, 11) is 1.26. The molecule has 0 radical (unpaired) electrons. The van der Waals surface area contributed by atoms with Crippen molar-refractivity contribution in [1.82, 2.24) is 40.4 Å². The van der Waals surface area contributed by atoms with Crippen molar-refractivity contribution >= 4 is 45.6 Å². The van der Waals surface area contributed by atoms with Crippen LogP contribution in [0.15, 0.2) is 79.0 Å². The van der Waals surface area contributed by atoms with E-state index in [-0.39, 0.29) is 49.2 Å². The molecule has 2 aliphatic rings. The maximum absolute atomic E-state index is 14.1. The SMILES string of the molecule is C#CCCN(Cc1nc2c(ccc3cc4c(cc32)OCc2cc(-c3cnc(CN(CCC#C)C(=O)[C@H](NC(=O)C5CC5)c5ccccc5)[nH]3)ccc2-4)[nH]1)C(=O)[C@@H](NC(=O)OC)C(C)C. The third-order valence-corrected chi connectivity index (χ3v) is 11.7. The zero-order valence-corrected chi connectivity index (χ0v) is 36.1. The van der Waals surface area contributed by atoms with E-state index in [9.17, 15) is 19.2 Å². The highest BCUT2D eigenvalue weighted by atomic mass is 16.5. The molecular formula is C50H50N8O6. The highest BCUT2D eigenvalue weighted by molar-refractivity contribution is 6.07. The van der Waals surface area contributed by atoms with Crippen LogP contribution in [0.25, 0.3) is 44.2 Å². The number of amides is 4. The topological polar surface area (TPSA) is 175 Å². The summed E-state index contributed by atoms with van der Waals surface area (Å²) >= 11 is 0. The number of methoxy groups -OCH3 is 1. The largest absolute Gasteiger partial charge is 0.488 e. The van der Waals surface area contributed by atoms with Crippen molar-refractivity contribution in [3.8, 4) is 52.8 Å². The molecular weight excluding hydrogens is 809 g/mol. The Balaban J connectivity index is 1.01. The van der Waals surface area contributed by atoms with Crippen LogP contribution in [0.5, 0.6) is 5.75 Å². The molecule has 4 amide bonds. The molecule has 4 N–H and O–H groups in total. The van der Waals surface area contributed by atoms with Crippen molar-refractivity contribution in [3.63, 3.8) is 0 Å². The van der Waals surface area contributed by atoms with E-state index in [2.05, 4.69) is 55.6 Å². The van der Waals surface area contributed by atoms with Crippen molar-refractivity contribution in [3.05, 3.63) is 102 Å². The Labute approximate surface area is 371 Å². The quantitative estimate of drug-likeness (QED) is 0.0752. The minimum atomic E-state index is -0.843. The van der Waals surface area contributed by atoms with Crippen LogP contribution in [0.2, 0.25) is 0 Å². The van der Waals surface area contributed by atoms with Crippen LogP contribution in [-0.4, -0.2) is 79.8 Å². The van der Waals surface area contributed by atoms with E-state index in [1.165, 1.54) is 7.11 Å². The average Bonchev–Trinajstić information content (AvgIpc) is 3.92. The van der Waals surface area contributed by atoms with Gasteiger partial charge in [-0.1, -0.05) is 62.4 Å². The van der Waals surface area contributed by atoms with Gasteiger partial charge in [-0.3, -0.25) is 14.4 Å². The van der Waals surface area contributed by atoms with Gasteiger partial charge in [0.05, 0.1) is 43.1 Å². The highest BCUT2D eigenvalue weighted by Gasteiger charge is 2.35. The van der Waals surface area contributed by atoms with Crippen LogP contribution in [-0.2, 0) is 38.8 Å². The van der Waals surface area contributed by atoms with E-state index in [4.69, 9.17) is 27.3 Å². The van der Waals surface area contributed by atoms with Gasteiger partial charge < -0.3 is 39.9 Å². The number of H-pyrrole nitrogens is 2. The van der Waals surface area contributed by atoms with Gasteiger partial charge >= 0.3 is 6.09 Å². The van der Waals surface area contributed by atoms with Crippen molar-refractivity contribution in [2.45, 2.75) is 71.3 Å². The summed E-state index contributed by atoms with van der Waals surface area (Å²) in [6.07, 6.45) is 14.6. The first-order chi connectivity index (χ1) is 31.0. The van der Waals surface area contributed by atoms with Gasteiger partial charge in [-0.2, -0.15) is 0 Å². The predicted molar refractivity (Wildman–Crippen MR) is 243 cm³/mol. The van der Waals surface area contributed by atoms with Gasteiger partial charge in [0, 0.05) is 42.8 Å². The Hall–Kier alpha value is -7.58. The zero-order valence-electron chi connectivity index (χ0n) is 36.1. The van der Waals surface area contributed by atoms with E-state index >= 15 is 0 Å². The highest BCUT2D eigenvalue weighted by Crippen LogP contribution is 2.42. The van der Waals surface area contributed by atoms with Crippen molar-refractivity contribution < 1.29 is 28.7 Å². The summed E-state index contributed by atoms with van der Waals surface area (Å²) in [4.78, 5) is 72.5. The average molecular weight is 859 g/mol. The van der Waals surface area contributed by atoms with Crippen molar-refractivity contribution in [2.24, 2.45) is 11.8 Å². The molecule has 1 saturated carbocycles. The lowest BCUT2D eigenvalue weighted by Gasteiger charge is -2.28. The number of aromatic nitrogens is 4. The molecule has 0 unspecified atom stereocenters. The molecule has 0 saturated heterocycles. The summed E-state index contributed by atoms with van der Waals surface area (Å²) in [6.45, 7) is 4.98. The Morgan fingerprint density at radius 1 is 0.875 bits per heavy atom. The molecule has 1 fully saturated rings. The molecule has 4 aromatic carbocycles. The lowest BCUT2D eigenvalue weighted by atomic mass is 9.92. The summed E-state index contributed by atoms with van der Waals surface area (Å²) in [5.41, 5.74) is 6.95. The van der Waals surface area contributed by atoms with Gasteiger partial charge in [-0.25, -0.2) is 14.8 Å². The first kappa shape index (κ1) is 43.1. The lowest BCUT2D eigenvalue weighted by Crippen LogP contribution is -2.51. The number of carbonyl (C=O) groups is 4. The molecule has 14 heteroatoms. The number of benzene rings is 4. The summed E-state index contributed by atoms with van der Waals surface area (Å²) in [5, 5.41) is 7.51. The van der Waals surface area contributed by atoms with Crippen LogP contribution in [0, 0.1) is 36.5 Å². The van der Waals surface area contributed by atoms with Crippen LogP contribution in [0.1, 0.15) is 68.3 Å². The van der Waals surface area contributed by atoms with Crippen LogP contribution in [0.3, 0.4) is 0 Å². The maximum atomic E-state index is 14.1. The number of fused-ring (bicyclic) bond motifs is 6. The number of nitrogens with zero attached hydrogens (tertiary/aromatic N) is 4. The van der Waals surface area contributed by atoms with Gasteiger partial charge in [0.15, 0.2) is 0 Å². The molecule has 0 spiro atoms. The zero-order chi connectivity index (χ0) is 44.9. The summed E-state index contributed by atoms with van der Waals surface area (Å²) < 4.78 is 11.2. The standard InChI is InChI=1S/C50H50N8O6/c1-6-8-21-57(49(61)45(31-13-11-10-12-14-31)55-47(59)32-15-16-32)27-42-51-26-40(53-42)34-17-19-36-35(23-34)29-64-41-25-37-33(24-38(36)41)18-20-39-46(37)54-43(52-39)28-58(22-9-7-2)48(60)44(30(3)4)56-50(62)63-5/h1-2,10-14,17-20,23-26,30,32,44-45H,8-9,15-16,21-22,27-29H2,3-5H3,(H,51,53)(H,52,54)(H,55,59)(H,56,62)/t44-,45+/m0/s1. The molecule has 326 valence electrons. The van der Waals surface area contributed by atoms with Crippen LogP contribution in [0.4, 0.5) is 4.79 Å². The van der Waals surface area contributed by atoms with E-state index in [1.807, 2.05) is 68.4 Å². The number of aromatic amines is 2. The normalized spacial score (nSPS) is 13.7. The smallest absolute Gasteiger partial charge is 0.407 e. The number of rotatable bonds is 16. The monoisotopic (exact) mass is 858 g/mol. The predicted octanol–water partition coefficient (Wildman–Crippen LogP) is 7.02. The molecule has 1 aliphatic carbocycles. The molecule has 1 aliphatic heterocycles. The van der Waals surface area contributed by atoms with Crippen molar-refractivity contribution in [1.29, 1.82) is 0 Å². The number of hydrogen-bond acceptors (Lipinski definition) is 8. The Kier molecular flexibility index (Phi) is 12.7. The maximum Gasteiger partial charge on any atom is 0.407 e. The van der Waals surface area contributed by atoms with E-state index in [0.717, 1.165) is 68.3 Å². The molecule has 3 heterocycles. The second-order valence-corrected chi connectivity index (χ2v) is 16.5. The fourth-order valence-corrected chi connectivity index (χ4v) is 8.08. The molecule has 64 heavy (non-hydrogen) atoms. The molecule has 2 atom stereocenters. The van der Waals surface area contributed by atoms with Gasteiger partial charge in [0.25, 0.3) is 0 Å². The molecule has 2 aromatic heterocycles. The second kappa shape index (κ2) is 18.8. The fourth-order valence-electron chi connectivity index (χ4n) is 8.08. The van der Waals surface area contributed by atoms with E-state index in [1.54, 1.807) is 16.0 Å². The summed E-state index contributed by atoms with van der Waals surface area (Å²) in [5.74, 6) is 6.24. The molecule has 14 nitrogen and oxygen atoms in total. The van der Waals surface area contributed by atoms with Crippen molar-refractivity contribution in [2.75, 3.05) is 20.2 Å². The Morgan fingerprint density at radius 2 is 1.61 bits per heavy atom. The number of alkyl carbamates (subject to hydrolysis) is 1. The number of carbonyl (C=O) groups excluding carboxylic acids is 4. The minimum absolute atomic E-state index is 0.0557. The Bertz CT molecular complexity index is 2810. The number of imidazole rings is 2. The van der Waals surface area contributed by atoms with Gasteiger partial charge in [0.2, 0.25) is 17.7 Å². The van der Waals surface area contributed by atoms with Gasteiger partial charge in [0.1, 0.15) is 36.1 Å². The number of ether oxygens (including phenoxy) is 2. The van der Waals surface area contributed by atoms with Crippen LogP contribution >= 0.6 is 0 Å². The van der Waals surface area contributed by atoms with Gasteiger partial charge in [-0.05, 0) is 70.7 Å². The first-order valence-electron chi connectivity index (χ1n) is 21.4. The number of terminal acetylenes is 2. The molecule has 6 aromatic rings. The van der Waals surface area contributed by atoms with Crippen LogP contribution < -0.4 is 15.4 Å². The second-order valence-electron chi connectivity index (χ2n) is 16.5. The number of nitrogens with one attached hydrogen (secondary N) is 4. The first-order valence-corrected chi connectivity index (χ1v) is 21.4. The lowest BCUT2D eigenvalue weighted by molar-refractivity contribution is -0.137. The Morgan fingerprint density at radius 3 is 2.31 bits per heavy atom. The summed E-state index contributed by atoms with van der Waals surface area (Å²) in [6, 6.07) is 22.0. The molecule has 0 bridgehead atoms. The third-order valence-electron chi connectivity index (χ3n) is 11.7. The van der Waals surface area contributed by atoms with Gasteiger partial charge in [-0.15, -0.1) is 24.7 Å². The fraction of sp³-hybridized carbons (Fsp3) is 0.320. The minimum Gasteiger partial charge on any atom is -0.488 e. The van der Waals surface area contributed by atoms with E-state index in [0.29, 0.717) is 43.2 Å².